The molecule has 66 valence electrons. The number of hydrogen-bond acceptors (Lipinski definition) is 3. The lowest BCUT2D eigenvalue weighted by atomic mass is 10.1. The lowest BCUT2D eigenvalue weighted by molar-refractivity contribution is 0.275. The van der Waals surface area contributed by atoms with E-state index in [1.54, 1.807) is 6.20 Å². The quantitative estimate of drug-likeness (QED) is 0.665. The fourth-order valence-electron chi connectivity index (χ4n) is 1.11. The fourth-order valence-corrected chi connectivity index (χ4v) is 1.11. The van der Waals surface area contributed by atoms with Crippen molar-refractivity contribution in [1.29, 1.82) is 0 Å². The fraction of sp³-hybridized carbons (Fsp3) is 0.444. The van der Waals surface area contributed by atoms with E-state index < -0.39 is 0 Å². The zero-order valence-corrected chi connectivity index (χ0v) is 7.46. The molecule has 1 aliphatic heterocycles. The number of anilines is 1. The Morgan fingerprint density at radius 1 is 1.58 bits per heavy atom. The summed E-state index contributed by atoms with van der Waals surface area (Å²) in [7, 11) is 0. The van der Waals surface area contributed by atoms with Gasteiger partial charge in [0.15, 0.2) is 0 Å². The molecule has 12 heavy (non-hydrogen) atoms. The molecule has 1 aromatic heterocycles. The normalized spacial score (nSPS) is 11.6. The average molecular weight is 166 g/mol. The van der Waals surface area contributed by atoms with E-state index in [1.807, 2.05) is 19.9 Å². The smallest absolute Gasteiger partial charge is 0.0857 e. The van der Waals surface area contributed by atoms with Crippen LogP contribution in [-0.4, -0.2) is 10.1 Å². The van der Waals surface area contributed by atoms with Crippen LogP contribution >= 0.6 is 0 Å². The van der Waals surface area contributed by atoms with Crippen molar-refractivity contribution in [3.63, 3.8) is 0 Å². The second-order valence-corrected chi connectivity index (χ2v) is 2.30. The van der Waals surface area contributed by atoms with Crippen molar-refractivity contribution in [2.24, 2.45) is 0 Å². The molecule has 0 aliphatic carbocycles. The van der Waals surface area contributed by atoms with Gasteiger partial charge in [0, 0.05) is 24.0 Å². The van der Waals surface area contributed by atoms with Crippen molar-refractivity contribution in [2.45, 2.75) is 27.0 Å². The number of aromatic nitrogens is 1. The standard InChI is InChI=1S/C7H8N2O.C2H6/c10-4-7-5-3-9-6(5)1-2-8-7;1-2/h1-2,9-10H,3-4H2;1-2H3. The molecule has 1 aliphatic rings. The van der Waals surface area contributed by atoms with E-state index in [2.05, 4.69) is 10.3 Å². The molecule has 0 spiro atoms. The Bertz CT molecular complexity index is 261. The first-order valence-electron chi connectivity index (χ1n) is 4.23. The molecule has 0 saturated heterocycles. The first kappa shape index (κ1) is 9.00. The second-order valence-electron chi connectivity index (χ2n) is 2.30. The maximum Gasteiger partial charge on any atom is 0.0857 e. The number of nitrogens with zero attached hydrogens (tertiary/aromatic N) is 1. The third kappa shape index (κ3) is 1.41. The SMILES string of the molecule is CC.OCc1nccc2c1CN2. The predicted molar refractivity (Wildman–Crippen MR) is 48.8 cm³/mol. The van der Waals surface area contributed by atoms with Gasteiger partial charge in [-0.05, 0) is 6.07 Å². The van der Waals surface area contributed by atoms with Crippen molar-refractivity contribution in [1.82, 2.24) is 4.98 Å². The molecule has 2 heterocycles. The summed E-state index contributed by atoms with van der Waals surface area (Å²) in [4.78, 5) is 4.02. The summed E-state index contributed by atoms with van der Waals surface area (Å²) in [6.07, 6.45) is 1.70. The average Bonchev–Trinajstić information content (AvgIpc) is 2.10. The van der Waals surface area contributed by atoms with Crippen LogP contribution in [0.25, 0.3) is 0 Å². The van der Waals surface area contributed by atoms with Crippen LogP contribution in [0.1, 0.15) is 25.1 Å². The lowest BCUT2D eigenvalue weighted by Crippen LogP contribution is -2.17. The summed E-state index contributed by atoms with van der Waals surface area (Å²) in [6.45, 7) is 4.89. The van der Waals surface area contributed by atoms with Gasteiger partial charge >= 0.3 is 0 Å². The van der Waals surface area contributed by atoms with Crippen LogP contribution in [0.3, 0.4) is 0 Å². The summed E-state index contributed by atoms with van der Waals surface area (Å²) in [5.41, 5.74) is 3.07. The van der Waals surface area contributed by atoms with Gasteiger partial charge in [0.25, 0.3) is 0 Å². The van der Waals surface area contributed by atoms with Crippen LogP contribution in [0.15, 0.2) is 12.3 Å². The minimum absolute atomic E-state index is 0.0465. The minimum atomic E-state index is 0.0465. The molecule has 0 atom stereocenters. The van der Waals surface area contributed by atoms with Crippen molar-refractivity contribution in [3.8, 4) is 0 Å². The van der Waals surface area contributed by atoms with E-state index in [1.165, 1.54) is 0 Å². The molecule has 3 heteroatoms. The van der Waals surface area contributed by atoms with E-state index in [0.29, 0.717) is 0 Å². The Morgan fingerprint density at radius 3 is 2.75 bits per heavy atom. The highest BCUT2D eigenvalue weighted by Gasteiger charge is 2.15. The van der Waals surface area contributed by atoms with Gasteiger partial charge in [0.05, 0.1) is 12.3 Å². The van der Waals surface area contributed by atoms with Crippen LogP contribution in [0.4, 0.5) is 5.69 Å². The monoisotopic (exact) mass is 166 g/mol. The van der Waals surface area contributed by atoms with Crippen LogP contribution in [0.2, 0.25) is 0 Å². The summed E-state index contributed by atoms with van der Waals surface area (Å²) in [6, 6.07) is 1.91. The molecular formula is C9H14N2O. The summed E-state index contributed by atoms with van der Waals surface area (Å²) in [5, 5.41) is 11.9. The maximum atomic E-state index is 8.79. The number of nitrogens with one attached hydrogen (secondary N) is 1. The Labute approximate surface area is 72.5 Å². The molecule has 3 nitrogen and oxygen atoms in total. The van der Waals surface area contributed by atoms with Crippen molar-refractivity contribution < 1.29 is 5.11 Å². The number of fused-ring (bicyclic) bond motifs is 1. The van der Waals surface area contributed by atoms with Gasteiger partial charge in [-0.3, -0.25) is 4.98 Å². The number of hydrogen-bond donors (Lipinski definition) is 2. The van der Waals surface area contributed by atoms with Gasteiger partial charge < -0.3 is 10.4 Å². The molecule has 0 amide bonds. The Morgan fingerprint density at radius 2 is 2.33 bits per heavy atom. The Hall–Kier alpha value is -1.09. The van der Waals surface area contributed by atoms with E-state index in [0.717, 1.165) is 23.5 Å². The molecule has 0 unspecified atom stereocenters. The van der Waals surface area contributed by atoms with E-state index >= 15 is 0 Å². The number of aliphatic hydroxyl groups is 1. The first-order valence-corrected chi connectivity index (χ1v) is 4.23. The number of pyridine rings is 1. The van der Waals surface area contributed by atoms with Gasteiger partial charge in [0.1, 0.15) is 0 Å². The lowest BCUT2D eigenvalue weighted by Gasteiger charge is -2.22. The summed E-state index contributed by atoms with van der Waals surface area (Å²) in [5.74, 6) is 0. The van der Waals surface area contributed by atoms with E-state index in [4.69, 9.17) is 5.11 Å². The largest absolute Gasteiger partial charge is 0.390 e. The van der Waals surface area contributed by atoms with E-state index in [9.17, 15) is 0 Å². The van der Waals surface area contributed by atoms with Gasteiger partial charge in [-0.2, -0.15) is 0 Å². The highest BCUT2D eigenvalue weighted by molar-refractivity contribution is 5.60. The molecule has 2 rings (SSSR count). The third-order valence-electron chi connectivity index (χ3n) is 1.75. The van der Waals surface area contributed by atoms with Crippen LogP contribution < -0.4 is 5.32 Å². The summed E-state index contributed by atoms with van der Waals surface area (Å²) < 4.78 is 0. The van der Waals surface area contributed by atoms with Crippen LogP contribution in [0, 0.1) is 0 Å². The zero-order valence-electron chi connectivity index (χ0n) is 7.46. The Balaban J connectivity index is 0.000000336. The molecule has 0 bridgehead atoms. The molecule has 0 saturated carbocycles. The van der Waals surface area contributed by atoms with E-state index in [-0.39, 0.29) is 6.61 Å². The van der Waals surface area contributed by atoms with Crippen LogP contribution in [0.5, 0.6) is 0 Å². The third-order valence-corrected chi connectivity index (χ3v) is 1.75. The van der Waals surface area contributed by atoms with Gasteiger partial charge in [0.2, 0.25) is 0 Å². The molecule has 1 aromatic rings. The summed E-state index contributed by atoms with van der Waals surface area (Å²) >= 11 is 0. The van der Waals surface area contributed by atoms with Crippen molar-refractivity contribution in [2.75, 3.05) is 5.32 Å². The molecule has 0 radical (unpaired) electrons. The molecule has 0 fully saturated rings. The van der Waals surface area contributed by atoms with Gasteiger partial charge in [-0.15, -0.1) is 0 Å². The molecule has 2 N–H and O–H groups in total. The van der Waals surface area contributed by atoms with Gasteiger partial charge in [-0.1, -0.05) is 13.8 Å². The predicted octanol–water partition coefficient (Wildman–Crippen LogP) is 1.53. The maximum absolute atomic E-state index is 8.79. The number of rotatable bonds is 1. The highest BCUT2D eigenvalue weighted by Crippen LogP contribution is 2.26. The minimum Gasteiger partial charge on any atom is -0.390 e. The number of aliphatic hydroxyl groups excluding tert-OH is 1. The highest BCUT2D eigenvalue weighted by atomic mass is 16.3. The second kappa shape index (κ2) is 4.07. The first-order chi connectivity index (χ1) is 5.92. The Kier molecular flexibility index (Phi) is 3.05. The topological polar surface area (TPSA) is 45.2 Å². The van der Waals surface area contributed by atoms with Crippen LogP contribution in [-0.2, 0) is 13.2 Å². The molecule has 0 aromatic carbocycles. The van der Waals surface area contributed by atoms with Crippen molar-refractivity contribution >= 4 is 5.69 Å². The van der Waals surface area contributed by atoms with Gasteiger partial charge in [-0.25, -0.2) is 0 Å². The zero-order chi connectivity index (χ0) is 8.97. The molecular weight excluding hydrogens is 152 g/mol. The van der Waals surface area contributed by atoms with Crippen molar-refractivity contribution in [3.05, 3.63) is 23.5 Å².